The van der Waals surface area contributed by atoms with Gasteiger partial charge in [0.1, 0.15) is 5.56 Å². The Kier molecular flexibility index (Phi) is 4.33. The maximum absolute atomic E-state index is 11.0. The number of nitrogen functional groups attached to an aromatic ring is 1. The second-order valence-corrected chi connectivity index (χ2v) is 3.30. The Hall–Kier alpha value is -2.24. The Bertz CT molecular complexity index is 431. The van der Waals surface area contributed by atoms with Crippen molar-refractivity contribution in [2.24, 2.45) is 0 Å². The highest BCUT2D eigenvalue weighted by molar-refractivity contribution is 5.93. The molecule has 0 aromatic heterocycles. The summed E-state index contributed by atoms with van der Waals surface area (Å²) in [5, 5.41) is 11.4. The standard InChI is InChI=1S/C11H14N2O4/c1-13-9(14)5-6-17-10-7(11(15)16)3-2-4-8(10)12/h2-4H,5-6,12H2,1H3,(H,13,14)(H,15,16). The van der Waals surface area contributed by atoms with Gasteiger partial charge in [0.05, 0.1) is 18.7 Å². The zero-order valence-electron chi connectivity index (χ0n) is 9.40. The zero-order chi connectivity index (χ0) is 12.8. The van der Waals surface area contributed by atoms with Crippen molar-refractivity contribution in [1.29, 1.82) is 0 Å². The van der Waals surface area contributed by atoms with Gasteiger partial charge in [0.2, 0.25) is 5.91 Å². The molecule has 17 heavy (non-hydrogen) atoms. The lowest BCUT2D eigenvalue weighted by Gasteiger charge is -2.11. The van der Waals surface area contributed by atoms with Crippen LogP contribution in [0, 0.1) is 0 Å². The molecule has 6 nitrogen and oxygen atoms in total. The predicted octanol–water partition coefficient (Wildman–Crippen LogP) is 0.482. The third-order valence-corrected chi connectivity index (χ3v) is 2.13. The highest BCUT2D eigenvalue weighted by atomic mass is 16.5. The Balaban J connectivity index is 2.76. The van der Waals surface area contributed by atoms with E-state index in [0.29, 0.717) is 0 Å². The van der Waals surface area contributed by atoms with Crippen LogP contribution in [0.5, 0.6) is 5.75 Å². The van der Waals surface area contributed by atoms with E-state index in [1.165, 1.54) is 19.2 Å². The number of carboxylic acids is 1. The minimum Gasteiger partial charge on any atom is -0.490 e. The van der Waals surface area contributed by atoms with Crippen molar-refractivity contribution in [2.45, 2.75) is 6.42 Å². The Morgan fingerprint density at radius 3 is 2.76 bits per heavy atom. The number of hydrogen-bond donors (Lipinski definition) is 3. The highest BCUT2D eigenvalue weighted by Gasteiger charge is 2.14. The summed E-state index contributed by atoms with van der Waals surface area (Å²) in [7, 11) is 1.52. The monoisotopic (exact) mass is 238 g/mol. The lowest BCUT2D eigenvalue weighted by atomic mass is 10.2. The topological polar surface area (TPSA) is 102 Å². The second-order valence-electron chi connectivity index (χ2n) is 3.30. The molecular formula is C11H14N2O4. The molecule has 1 rings (SSSR count). The number of carboxylic acid groups (broad SMARTS) is 1. The highest BCUT2D eigenvalue weighted by Crippen LogP contribution is 2.26. The van der Waals surface area contributed by atoms with E-state index in [2.05, 4.69) is 5.32 Å². The van der Waals surface area contributed by atoms with Crippen LogP contribution in [-0.2, 0) is 4.79 Å². The molecule has 0 atom stereocenters. The van der Waals surface area contributed by atoms with Gasteiger partial charge in [-0.1, -0.05) is 6.07 Å². The maximum Gasteiger partial charge on any atom is 0.339 e. The lowest BCUT2D eigenvalue weighted by molar-refractivity contribution is -0.121. The number of ether oxygens (including phenoxy) is 1. The van der Waals surface area contributed by atoms with Gasteiger partial charge < -0.3 is 20.9 Å². The quantitative estimate of drug-likeness (QED) is 0.648. The number of nitrogens with one attached hydrogen (secondary N) is 1. The molecule has 0 saturated carbocycles. The van der Waals surface area contributed by atoms with Gasteiger partial charge in [0, 0.05) is 7.05 Å². The molecule has 0 spiro atoms. The SMILES string of the molecule is CNC(=O)CCOc1c(N)cccc1C(=O)O. The lowest BCUT2D eigenvalue weighted by Crippen LogP contribution is -2.20. The molecule has 0 fully saturated rings. The molecule has 0 bridgehead atoms. The number of hydrogen-bond acceptors (Lipinski definition) is 4. The van der Waals surface area contributed by atoms with Crippen LogP contribution in [0.25, 0.3) is 0 Å². The second kappa shape index (κ2) is 5.74. The van der Waals surface area contributed by atoms with Crippen LogP contribution in [0.2, 0.25) is 0 Å². The first-order chi connectivity index (χ1) is 8.06. The number of carbonyl (C=O) groups excluding carboxylic acids is 1. The molecule has 92 valence electrons. The van der Waals surface area contributed by atoms with Crippen LogP contribution in [-0.4, -0.2) is 30.6 Å². The van der Waals surface area contributed by atoms with Crippen LogP contribution >= 0.6 is 0 Å². The minimum absolute atomic E-state index is 0.0121. The van der Waals surface area contributed by atoms with Crippen LogP contribution < -0.4 is 15.8 Å². The van der Waals surface area contributed by atoms with Gasteiger partial charge in [0.25, 0.3) is 0 Å². The van der Waals surface area contributed by atoms with E-state index < -0.39 is 5.97 Å². The molecule has 4 N–H and O–H groups in total. The van der Waals surface area contributed by atoms with Gasteiger partial charge in [-0.05, 0) is 12.1 Å². The van der Waals surface area contributed by atoms with Gasteiger partial charge >= 0.3 is 5.97 Å². The molecule has 1 amide bonds. The molecule has 0 heterocycles. The van der Waals surface area contributed by atoms with E-state index in [9.17, 15) is 9.59 Å². The summed E-state index contributed by atoms with van der Waals surface area (Å²) in [6.45, 7) is 0.0775. The number of anilines is 1. The minimum atomic E-state index is -1.12. The average molecular weight is 238 g/mol. The van der Waals surface area contributed by atoms with Crippen molar-refractivity contribution in [3.8, 4) is 5.75 Å². The fraction of sp³-hybridized carbons (Fsp3) is 0.273. The molecule has 0 unspecified atom stereocenters. The first-order valence-corrected chi connectivity index (χ1v) is 5.01. The van der Waals surface area contributed by atoms with E-state index in [1.807, 2.05) is 0 Å². The van der Waals surface area contributed by atoms with Crippen molar-refractivity contribution in [1.82, 2.24) is 5.32 Å². The number of amides is 1. The van der Waals surface area contributed by atoms with Gasteiger partial charge in [-0.3, -0.25) is 4.79 Å². The fourth-order valence-electron chi connectivity index (χ4n) is 1.26. The summed E-state index contributed by atoms with van der Waals surface area (Å²) >= 11 is 0. The number of rotatable bonds is 5. The van der Waals surface area contributed by atoms with Crippen LogP contribution in [0.4, 0.5) is 5.69 Å². The van der Waals surface area contributed by atoms with E-state index >= 15 is 0 Å². The summed E-state index contributed by atoms with van der Waals surface area (Å²) in [6.07, 6.45) is 0.143. The molecule has 0 saturated heterocycles. The number of benzene rings is 1. The van der Waals surface area contributed by atoms with Crippen molar-refractivity contribution in [2.75, 3.05) is 19.4 Å². The number of aromatic carboxylic acids is 1. The number of para-hydroxylation sites is 1. The molecular weight excluding hydrogens is 224 g/mol. The zero-order valence-corrected chi connectivity index (χ0v) is 9.40. The summed E-state index contributed by atoms with van der Waals surface area (Å²) < 4.78 is 5.24. The van der Waals surface area contributed by atoms with Crippen molar-refractivity contribution >= 4 is 17.6 Å². The smallest absolute Gasteiger partial charge is 0.339 e. The third-order valence-electron chi connectivity index (χ3n) is 2.13. The molecule has 0 aliphatic carbocycles. The first kappa shape index (κ1) is 12.8. The molecule has 0 aliphatic heterocycles. The Labute approximate surface area is 98.4 Å². The van der Waals surface area contributed by atoms with Crippen molar-refractivity contribution < 1.29 is 19.4 Å². The molecule has 6 heteroatoms. The van der Waals surface area contributed by atoms with Crippen molar-refractivity contribution in [3.05, 3.63) is 23.8 Å². The van der Waals surface area contributed by atoms with E-state index in [-0.39, 0.29) is 35.9 Å². The Morgan fingerprint density at radius 2 is 2.18 bits per heavy atom. The predicted molar refractivity (Wildman–Crippen MR) is 62.0 cm³/mol. The third kappa shape index (κ3) is 3.37. The van der Waals surface area contributed by atoms with Gasteiger partial charge in [-0.15, -0.1) is 0 Å². The fourth-order valence-corrected chi connectivity index (χ4v) is 1.26. The molecule has 0 aliphatic rings. The Morgan fingerprint density at radius 1 is 1.47 bits per heavy atom. The molecule has 1 aromatic carbocycles. The number of carbonyl (C=O) groups is 2. The van der Waals surface area contributed by atoms with E-state index in [4.69, 9.17) is 15.6 Å². The molecule has 1 aromatic rings. The molecule has 0 radical (unpaired) electrons. The summed E-state index contributed by atoms with van der Waals surface area (Å²) in [5.74, 6) is -1.20. The number of nitrogens with two attached hydrogens (primary N) is 1. The summed E-state index contributed by atoms with van der Waals surface area (Å²) in [4.78, 5) is 21.9. The van der Waals surface area contributed by atoms with Gasteiger partial charge in [0.15, 0.2) is 5.75 Å². The van der Waals surface area contributed by atoms with Crippen LogP contribution in [0.1, 0.15) is 16.8 Å². The largest absolute Gasteiger partial charge is 0.490 e. The normalized spacial score (nSPS) is 9.71. The average Bonchev–Trinajstić information content (AvgIpc) is 2.30. The van der Waals surface area contributed by atoms with Crippen LogP contribution in [0.3, 0.4) is 0 Å². The first-order valence-electron chi connectivity index (χ1n) is 5.01. The van der Waals surface area contributed by atoms with E-state index in [1.54, 1.807) is 6.07 Å². The van der Waals surface area contributed by atoms with E-state index in [0.717, 1.165) is 0 Å². The summed E-state index contributed by atoms with van der Waals surface area (Å²) in [5.41, 5.74) is 5.85. The van der Waals surface area contributed by atoms with Crippen LogP contribution in [0.15, 0.2) is 18.2 Å². The van der Waals surface area contributed by atoms with Gasteiger partial charge in [-0.25, -0.2) is 4.79 Å². The summed E-state index contributed by atoms with van der Waals surface area (Å²) in [6, 6.07) is 4.47. The maximum atomic E-state index is 11.0. The van der Waals surface area contributed by atoms with Gasteiger partial charge in [-0.2, -0.15) is 0 Å². The van der Waals surface area contributed by atoms with Crippen molar-refractivity contribution in [3.63, 3.8) is 0 Å².